The van der Waals surface area contributed by atoms with Gasteiger partial charge >= 0.3 is 5.97 Å². The van der Waals surface area contributed by atoms with E-state index in [1.807, 2.05) is 4.57 Å². The number of benzene rings is 1. The summed E-state index contributed by atoms with van der Waals surface area (Å²) in [7, 11) is 0. The highest BCUT2D eigenvalue weighted by Gasteiger charge is 2.19. The predicted molar refractivity (Wildman–Crippen MR) is 72.2 cm³/mol. The first-order valence-electron chi connectivity index (χ1n) is 6.25. The second-order valence-electron chi connectivity index (χ2n) is 4.68. The number of carbonyl (C=O) groups is 1. The molecule has 1 heterocycles. The van der Waals surface area contributed by atoms with E-state index in [1.54, 1.807) is 18.5 Å². The lowest BCUT2D eigenvalue weighted by Crippen LogP contribution is -2.10. The SMILES string of the molecule is O=C(O)c1ccc(Cl)cc1-n1cnc2c1CCCC2. The number of halogens is 1. The predicted octanol–water partition coefficient (Wildman–Crippen LogP) is 3.10. The molecule has 1 aromatic heterocycles. The first-order valence-corrected chi connectivity index (χ1v) is 6.63. The van der Waals surface area contributed by atoms with Gasteiger partial charge in [0.25, 0.3) is 0 Å². The van der Waals surface area contributed by atoms with E-state index in [0.717, 1.165) is 37.1 Å². The van der Waals surface area contributed by atoms with Gasteiger partial charge in [-0.05, 0) is 43.9 Å². The first kappa shape index (κ1) is 12.2. The van der Waals surface area contributed by atoms with Crippen molar-refractivity contribution >= 4 is 17.6 Å². The second-order valence-corrected chi connectivity index (χ2v) is 5.12. The molecule has 0 spiro atoms. The largest absolute Gasteiger partial charge is 0.478 e. The monoisotopic (exact) mass is 276 g/mol. The minimum atomic E-state index is -0.954. The van der Waals surface area contributed by atoms with Crippen LogP contribution in [0.1, 0.15) is 34.6 Å². The van der Waals surface area contributed by atoms with E-state index in [-0.39, 0.29) is 5.56 Å². The van der Waals surface area contributed by atoms with Crippen molar-refractivity contribution in [1.29, 1.82) is 0 Å². The third kappa shape index (κ3) is 2.12. The Morgan fingerprint density at radius 1 is 1.32 bits per heavy atom. The molecule has 1 aliphatic carbocycles. The molecular formula is C14H13ClN2O2. The summed E-state index contributed by atoms with van der Waals surface area (Å²) in [6, 6.07) is 4.81. The number of aryl methyl sites for hydroxylation is 1. The number of carboxylic acids is 1. The van der Waals surface area contributed by atoms with Gasteiger partial charge in [0, 0.05) is 10.7 Å². The highest BCUT2D eigenvalue weighted by molar-refractivity contribution is 6.30. The average molecular weight is 277 g/mol. The minimum Gasteiger partial charge on any atom is -0.478 e. The molecule has 2 aromatic rings. The molecule has 0 fully saturated rings. The Balaban J connectivity index is 2.19. The summed E-state index contributed by atoms with van der Waals surface area (Å²) in [5.74, 6) is -0.954. The van der Waals surface area contributed by atoms with Crippen molar-refractivity contribution in [3.8, 4) is 5.69 Å². The molecule has 3 rings (SSSR count). The van der Waals surface area contributed by atoms with Gasteiger partial charge in [0.2, 0.25) is 0 Å². The van der Waals surface area contributed by atoms with E-state index < -0.39 is 5.97 Å². The van der Waals surface area contributed by atoms with E-state index >= 15 is 0 Å². The molecule has 0 saturated carbocycles. The van der Waals surface area contributed by atoms with Gasteiger partial charge in [-0.1, -0.05) is 11.6 Å². The van der Waals surface area contributed by atoms with E-state index in [9.17, 15) is 9.90 Å². The lowest BCUT2D eigenvalue weighted by molar-refractivity contribution is 0.0697. The fraction of sp³-hybridized carbons (Fsp3) is 0.286. The van der Waals surface area contributed by atoms with Gasteiger partial charge < -0.3 is 9.67 Å². The van der Waals surface area contributed by atoms with Crippen LogP contribution >= 0.6 is 11.6 Å². The summed E-state index contributed by atoms with van der Waals surface area (Å²) in [6.07, 6.45) is 5.85. The summed E-state index contributed by atoms with van der Waals surface area (Å²) in [6.45, 7) is 0. The number of imidazole rings is 1. The molecular weight excluding hydrogens is 264 g/mol. The van der Waals surface area contributed by atoms with Crippen LogP contribution in [0.25, 0.3) is 5.69 Å². The number of aromatic carboxylic acids is 1. The number of hydrogen-bond donors (Lipinski definition) is 1. The zero-order chi connectivity index (χ0) is 13.4. The molecule has 4 nitrogen and oxygen atoms in total. The van der Waals surface area contributed by atoms with Crippen molar-refractivity contribution in [3.63, 3.8) is 0 Å². The molecule has 0 saturated heterocycles. The minimum absolute atomic E-state index is 0.246. The van der Waals surface area contributed by atoms with E-state index in [0.29, 0.717) is 10.7 Å². The van der Waals surface area contributed by atoms with Crippen LogP contribution < -0.4 is 0 Å². The average Bonchev–Trinajstić information content (AvgIpc) is 2.82. The molecule has 1 aromatic carbocycles. The van der Waals surface area contributed by atoms with Crippen LogP contribution in [0.5, 0.6) is 0 Å². The maximum atomic E-state index is 11.3. The van der Waals surface area contributed by atoms with Crippen LogP contribution in [0.15, 0.2) is 24.5 Å². The number of hydrogen-bond acceptors (Lipinski definition) is 2. The van der Waals surface area contributed by atoms with Crippen molar-refractivity contribution in [3.05, 3.63) is 46.5 Å². The van der Waals surface area contributed by atoms with E-state index in [1.165, 1.54) is 6.07 Å². The van der Waals surface area contributed by atoms with Gasteiger partial charge in [-0.2, -0.15) is 0 Å². The zero-order valence-electron chi connectivity index (χ0n) is 10.3. The molecule has 1 aliphatic rings. The van der Waals surface area contributed by atoms with Gasteiger partial charge in [0.05, 0.1) is 23.3 Å². The highest BCUT2D eigenvalue weighted by atomic mass is 35.5. The van der Waals surface area contributed by atoms with Gasteiger partial charge in [-0.3, -0.25) is 0 Å². The van der Waals surface area contributed by atoms with Crippen molar-refractivity contribution in [1.82, 2.24) is 9.55 Å². The molecule has 19 heavy (non-hydrogen) atoms. The van der Waals surface area contributed by atoms with Gasteiger partial charge in [-0.15, -0.1) is 0 Å². The lowest BCUT2D eigenvalue weighted by Gasteiger charge is -2.15. The van der Waals surface area contributed by atoms with Crippen molar-refractivity contribution < 1.29 is 9.90 Å². The molecule has 0 amide bonds. The van der Waals surface area contributed by atoms with Crippen LogP contribution in [-0.4, -0.2) is 20.6 Å². The number of aromatic nitrogens is 2. The Bertz CT molecular complexity index is 649. The Kier molecular flexibility index (Phi) is 3.03. The summed E-state index contributed by atoms with van der Waals surface area (Å²) in [5, 5.41) is 9.81. The molecule has 0 aliphatic heterocycles. The first-order chi connectivity index (χ1) is 9.16. The molecule has 1 N–H and O–H groups in total. The van der Waals surface area contributed by atoms with Crippen LogP contribution in [0, 0.1) is 0 Å². The smallest absolute Gasteiger partial charge is 0.337 e. The topological polar surface area (TPSA) is 55.1 Å². The Morgan fingerprint density at radius 2 is 2.11 bits per heavy atom. The van der Waals surface area contributed by atoms with Crippen LogP contribution in [0.3, 0.4) is 0 Å². The number of fused-ring (bicyclic) bond motifs is 1. The van der Waals surface area contributed by atoms with Crippen LogP contribution in [0.4, 0.5) is 0 Å². The molecule has 5 heteroatoms. The number of rotatable bonds is 2. The normalized spacial score (nSPS) is 14.2. The molecule has 0 bridgehead atoms. The van der Waals surface area contributed by atoms with Crippen LogP contribution in [0.2, 0.25) is 5.02 Å². The highest BCUT2D eigenvalue weighted by Crippen LogP contribution is 2.26. The fourth-order valence-electron chi connectivity index (χ4n) is 2.56. The standard InChI is InChI=1S/C14H13ClN2O2/c15-9-5-6-10(14(18)19)13(7-9)17-8-16-11-3-1-2-4-12(11)17/h5-8H,1-4H2,(H,18,19). The summed E-state index contributed by atoms with van der Waals surface area (Å²) in [4.78, 5) is 15.7. The zero-order valence-corrected chi connectivity index (χ0v) is 11.0. The maximum absolute atomic E-state index is 11.3. The van der Waals surface area contributed by atoms with Gasteiger partial charge in [0.1, 0.15) is 0 Å². The summed E-state index contributed by atoms with van der Waals surface area (Å²) < 4.78 is 1.86. The summed E-state index contributed by atoms with van der Waals surface area (Å²) in [5.41, 5.74) is 3.02. The Labute approximate surface area is 115 Å². The van der Waals surface area contributed by atoms with Crippen LogP contribution in [-0.2, 0) is 12.8 Å². The third-order valence-corrected chi connectivity index (χ3v) is 3.71. The van der Waals surface area contributed by atoms with Gasteiger partial charge in [-0.25, -0.2) is 9.78 Å². The van der Waals surface area contributed by atoms with E-state index in [2.05, 4.69) is 4.98 Å². The molecule has 0 unspecified atom stereocenters. The maximum Gasteiger partial charge on any atom is 0.337 e. The quantitative estimate of drug-likeness (QED) is 0.917. The molecule has 0 atom stereocenters. The number of carboxylic acid groups (broad SMARTS) is 1. The summed E-state index contributed by atoms with van der Waals surface area (Å²) >= 11 is 5.99. The lowest BCUT2D eigenvalue weighted by atomic mass is 10.0. The van der Waals surface area contributed by atoms with E-state index in [4.69, 9.17) is 11.6 Å². The van der Waals surface area contributed by atoms with Gasteiger partial charge in [0.15, 0.2) is 0 Å². The Morgan fingerprint density at radius 3 is 2.89 bits per heavy atom. The van der Waals surface area contributed by atoms with Crippen molar-refractivity contribution in [2.45, 2.75) is 25.7 Å². The molecule has 98 valence electrons. The molecule has 0 radical (unpaired) electrons. The Hall–Kier alpha value is -1.81. The number of nitrogens with zero attached hydrogens (tertiary/aromatic N) is 2. The third-order valence-electron chi connectivity index (χ3n) is 3.48. The fourth-order valence-corrected chi connectivity index (χ4v) is 2.73. The second kappa shape index (κ2) is 4.70. The van der Waals surface area contributed by atoms with Crippen molar-refractivity contribution in [2.24, 2.45) is 0 Å². The van der Waals surface area contributed by atoms with Crippen molar-refractivity contribution in [2.75, 3.05) is 0 Å².